The van der Waals surface area contributed by atoms with Gasteiger partial charge in [0.15, 0.2) is 0 Å². The minimum Gasteiger partial charge on any atom is -0.462 e. The lowest BCUT2D eigenvalue weighted by atomic mass is 10.1. The highest BCUT2D eigenvalue weighted by Gasteiger charge is 2.21. The molecule has 1 aliphatic rings. The average Bonchev–Trinajstić information content (AvgIpc) is 2.66. The fourth-order valence-electron chi connectivity index (χ4n) is 2.83. The summed E-state index contributed by atoms with van der Waals surface area (Å²) in [6.45, 7) is 9.68. The number of hydrogen-bond acceptors (Lipinski definition) is 4. The van der Waals surface area contributed by atoms with Gasteiger partial charge in [0, 0.05) is 0 Å². The summed E-state index contributed by atoms with van der Waals surface area (Å²) < 4.78 is 14.6. The van der Waals surface area contributed by atoms with Crippen molar-refractivity contribution in [3.63, 3.8) is 0 Å². The Morgan fingerprint density at radius 1 is 0.786 bits per heavy atom. The SMILES string of the molecule is CC(C)CCCCCOC(=O)C1=C(C(=O)OCCCCCC(C)C)C=IC=C1. The van der Waals surface area contributed by atoms with Crippen molar-refractivity contribution in [1.29, 1.82) is 0 Å². The van der Waals surface area contributed by atoms with Gasteiger partial charge in [0.2, 0.25) is 0 Å². The first-order valence-corrected chi connectivity index (χ1v) is 13.1. The second kappa shape index (κ2) is 14.9. The van der Waals surface area contributed by atoms with Gasteiger partial charge >= 0.3 is 11.9 Å². The van der Waals surface area contributed by atoms with Gasteiger partial charge in [-0.3, -0.25) is 0 Å². The third kappa shape index (κ3) is 11.1. The van der Waals surface area contributed by atoms with E-state index in [0.717, 1.165) is 38.5 Å². The largest absolute Gasteiger partial charge is 0.462 e. The molecule has 0 aromatic carbocycles. The highest BCUT2D eigenvalue weighted by molar-refractivity contribution is 14.2. The van der Waals surface area contributed by atoms with Gasteiger partial charge in [0.25, 0.3) is 0 Å². The zero-order valence-corrected chi connectivity index (χ0v) is 20.1. The molecule has 0 atom stereocenters. The zero-order chi connectivity index (χ0) is 20.8. The predicted molar refractivity (Wildman–Crippen MR) is 125 cm³/mol. The molecular formula is C23H37IO4. The average molecular weight is 504 g/mol. The molecule has 0 bridgehead atoms. The van der Waals surface area contributed by atoms with Crippen molar-refractivity contribution in [3.8, 4) is 0 Å². The van der Waals surface area contributed by atoms with Crippen LogP contribution in [0.15, 0.2) is 21.3 Å². The molecule has 0 N–H and O–H groups in total. The molecule has 0 aromatic heterocycles. The van der Waals surface area contributed by atoms with E-state index in [2.05, 4.69) is 27.7 Å². The smallest absolute Gasteiger partial charge is 0.339 e. The summed E-state index contributed by atoms with van der Waals surface area (Å²) in [4.78, 5) is 24.8. The fourth-order valence-corrected chi connectivity index (χ4v) is 4.55. The molecule has 0 radical (unpaired) electrons. The number of hydrogen-bond donors (Lipinski definition) is 0. The van der Waals surface area contributed by atoms with Gasteiger partial charge in [-0.2, -0.15) is 0 Å². The van der Waals surface area contributed by atoms with Crippen molar-refractivity contribution in [3.05, 3.63) is 21.3 Å². The molecule has 4 nitrogen and oxygen atoms in total. The lowest BCUT2D eigenvalue weighted by Crippen LogP contribution is -2.18. The van der Waals surface area contributed by atoms with Crippen molar-refractivity contribution < 1.29 is 19.1 Å². The molecule has 0 spiro atoms. The Morgan fingerprint density at radius 2 is 1.29 bits per heavy atom. The van der Waals surface area contributed by atoms with Gasteiger partial charge in [-0.05, 0) is 38.8 Å². The van der Waals surface area contributed by atoms with Crippen LogP contribution in [0.3, 0.4) is 0 Å². The highest BCUT2D eigenvalue weighted by atomic mass is 127. The third-order valence-electron chi connectivity index (χ3n) is 4.52. The van der Waals surface area contributed by atoms with Crippen LogP contribution in [0.25, 0.3) is 0 Å². The lowest BCUT2D eigenvalue weighted by molar-refractivity contribution is -0.141. The van der Waals surface area contributed by atoms with Gasteiger partial charge in [0.05, 0.1) is 24.4 Å². The van der Waals surface area contributed by atoms with E-state index in [1.54, 1.807) is 6.08 Å². The minimum absolute atomic E-state index is 0.345. The third-order valence-corrected chi connectivity index (χ3v) is 6.28. The Balaban J connectivity index is 2.39. The predicted octanol–water partition coefficient (Wildman–Crippen LogP) is 6.10. The van der Waals surface area contributed by atoms with E-state index in [1.807, 2.05) is 8.09 Å². The van der Waals surface area contributed by atoms with E-state index in [4.69, 9.17) is 9.47 Å². The number of carbonyl (C=O) groups excluding carboxylic acids is 2. The Kier molecular flexibility index (Phi) is 13.4. The van der Waals surface area contributed by atoms with Crippen molar-refractivity contribution in [2.24, 2.45) is 11.8 Å². The molecule has 1 aliphatic heterocycles. The Bertz CT molecular complexity index is 523. The van der Waals surface area contributed by atoms with Crippen LogP contribution < -0.4 is 0 Å². The van der Waals surface area contributed by atoms with Gasteiger partial charge in [-0.15, -0.1) is 0 Å². The Hall–Kier alpha value is -0.980. The second-order valence-corrected chi connectivity index (χ2v) is 10.2. The van der Waals surface area contributed by atoms with Crippen LogP contribution in [0, 0.1) is 11.8 Å². The molecule has 0 aliphatic carbocycles. The van der Waals surface area contributed by atoms with Crippen LogP contribution in [-0.2, 0) is 19.1 Å². The molecule has 0 amide bonds. The van der Waals surface area contributed by atoms with Crippen LogP contribution in [0.1, 0.15) is 79.1 Å². The molecule has 0 aromatic rings. The maximum atomic E-state index is 12.4. The first-order valence-electron chi connectivity index (χ1n) is 10.6. The maximum absolute atomic E-state index is 12.4. The molecular weight excluding hydrogens is 467 g/mol. The van der Waals surface area contributed by atoms with Gasteiger partial charge in [0.1, 0.15) is 0 Å². The number of carbonyl (C=O) groups is 2. The summed E-state index contributed by atoms with van der Waals surface area (Å²) in [6.07, 6.45) is 10.3. The van der Waals surface area contributed by atoms with Crippen LogP contribution in [0.5, 0.6) is 0 Å². The summed E-state index contributed by atoms with van der Waals surface area (Å²) in [5, 5.41) is 0. The Labute approximate surface area is 180 Å². The van der Waals surface area contributed by atoms with E-state index >= 15 is 0 Å². The normalized spacial score (nSPS) is 13.8. The van der Waals surface area contributed by atoms with Gasteiger partial charge in [-0.25, -0.2) is 9.59 Å². The first-order chi connectivity index (χ1) is 13.4. The quantitative estimate of drug-likeness (QED) is 0.163. The molecule has 5 heteroatoms. The molecule has 0 saturated carbocycles. The van der Waals surface area contributed by atoms with Crippen LogP contribution in [0.2, 0.25) is 0 Å². The van der Waals surface area contributed by atoms with E-state index in [9.17, 15) is 9.59 Å². The van der Waals surface area contributed by atoms with Crippen molar-refractivity contribution in [1.82, 2.24) is 0 Å². The number of esters is 2. The highest BCUT2D eigenvalue weighted by Crippen LogP contribution is 2.20. The monoisotopic (exact) mass is 504 g/mol. The first kappa shape index (κ1) is 25.1. The topological polar surface area (TPSA) is 52.6 Å². The van der Waals surface area contributed by atoms with E-state index in [0.29, 0.717) is 36.2 Å². The summed E-state index contributed by atoms with van der Waals surface area (Å²) >= 11 is -0.345. The molecule has 0 unspecified atom stereocenters. The molecule has 1 rings (SSSR count). The van der Waals surface area contributed by atoms with Crippen molar-refractivity contribution in [2.45, 2.75) is 79.1 Å². The lowest BCUT2D eigenvalue weighted by Gasteiger charge is -2.12. The summed E-state index contributed by atoms with van der Waals surface area (Å²) in [7, 11) is 0. The number of rotatable bonds is 14. The van der Waals surface area contributed by atoms with Crippen LogP contribution in [0.4, 0.5) is 0 Å². The fraction of sp³-hybridized carbons (Fsp3) is 0.696. The number of ether oxygens (including phenoxy) is 2. The number of unbranched alkanes of at least 4 members (excludes halogenated alkanes) is 4. The molecule has 0 fully saturated rings. The summed E-state index contributed by atoms with van der Waals surface area (Å²) in [5.74, 6) is 0.618. The minimum atomic E-state index is -0.413. The van der Waals surface area contributed by atoms with E-state index < -0.39 is 11.9 Å². The van der Waals surface area contributed by atoms with Crippen molar-refractivity contribution >= 4 is 36.7 Å². The number of halogens is 1. The summed E-state index contributed by atoms with van der Waals surface area (Å²) in [5.41, 5.74) is 0.736. The summed E-state index contributed by atoms with van der Waals surface area (Å²) in [6, 6.07) is 0. The Morgan fingerprint density at radius 3 is 1.79 bits per heavy atom. The zero-order valence-electron chi connectivity index (χ0n) is 18.0. The van der Waals surface area contributed by atoms with E-state index in [1.165, 1.54) is 12.8 Å². The van der Waals surface area contributed by atoms with Crippen molar-refractivity contribution in [2.75, 3.05) is 13.2 Å². The molecule has 0 saturated heterocycles. The molecule has 28 heavy (non-hydrogen) atoms. The second-order valence-electron chi connectivity index (χ2n) is 8.11. The van der Waals surface area contributed by atoms with Gasteiger partial charge < -0.3 is 9.47 Å². The maximum Gasteiger partial charge on any atom is 0.339 e. The van der Waals surface area contributed by atoms with Crippen LogP contribution in [-0.4, -0.2) is 29.2 Å². The molecule has 160 valence electrons. The standard InChI is InChI=1S/C23H37IO4/c1-18(2)11-7-5-9-15-27-22(25)20-13-14-24-17-21(20)23(26)28-16-10-6-8-12-19(3)4/h13-14,17-19H,5-12,15-16H2,1-4H3. The van der Waals surface area contributed by atoms with Crippen LogP contribution >= 0.6 is 20.7 Å². The van der Waals surface area contributed by atoms with Gasteiger partial charge in [-0.1, -0.05) is 87.0 Å². The molecule has 1 heterocycles. The van der Waals surface area contributed by atoms with E-state index in [-0.39, 0.29) is 20.7 Å².